The van der Waals surface area contributed by atoms with Gasteiger partial charge in [0, 0.05) is 6.54 Å². The molecule has 1 fully saturated rings. The van der Waals surface area contributed by atoms with Crippen LogP contribution in [0.25, 0.3) is 0 Å². The molecule has 0 bridgehead atoms. The summed E-state index contributed by atoms with van der Waals surface area (Å²) in [5, 5.41) is 0. The van der Waals surface area contributed by atoms with Gasteiger partial charge in [0.15, 0.2) is 0 Å². The Morgan fingerprint density at radius 1 is 1.33 bits per heavy atom. The van der Waals surface area contributed by atoms with Gasteiger partial charge in [0.05, 0.1) is 6.54 Å². The van der Waals surface area contributed by atoms with E-state index in [1.54, 1.807) is 24.3 Å². The lowest BCUT2D eigenvalue weighted by Gasteiger charge is -2.08. The van der Waals surface area contributed by atoms with Crippen molar-refractivity contribution < 1.29 is 22.7 Å². The third kappa shape index (κ3) is 3.73. The molecule has 0 spiro atoms. The third-order valence-electron chi connectivity index (χ3n) is 2.59. The number of benzene rings is 1. The van der Waals surface area contributed by atoms with Crippen molar-refractivity contribution in [1.82, 2.24) is 4.90 Å². The maximum Gasteiger partial charge on any atom is 0.401 e. The smallest absolute Gasteiger partial charge is 0.401 e. The zero-order chi connectivity index (χ0) is 13.2. The van der Waals surface area contributed by atoms with Crippen LogP contribution in [-0.2, 0) is 16.1 Å². The summed E-state index contributed by atoms with van der Waals surface area (Å²) in [6.45, 7) is -0.846. The van der Waals surface area contributed by atoms with E-state index < -0.39 is 24.7 Å². The molecule has 1 aromatic carbocycles. The molecule has 0 radical (unpaired) electrons. The molecule has 1 heterocycles. The Hall–Kier alpha value is -1.56. The van der Waals surface area contributed by atoms with Gasteiger partial charge >= 0.3 is 12.1 Å². The minimum Gasteiger partial charge on any atom is -0.460 e. The molecule has 0 saturated carbocycles. The zero-order valence-corrected chi connectivity index (χ0v) is 9.48. The van der Waals surface area contributed by atoms with Gasteiger partial charge in [-0.05, 0) is 5.56 Å². The first kappa shape index (κ1) is 12.9. The standard InChI is InChI=1S/C12H12F3NO2/c13-12(14,15)8-16-6-10(16)11(17)18-7-9-4-2-1-3-5-9/h1-5,10H,6-8H2. The topological polar surface area (TPSA) is 29.3 Å². The summed E-state index contributed by atoms with van der Waals surface area (Å²) in [7, 11) is 0. The summed E-state index contributed by atoms with van der Waals surface area (Å²) < 4.78 is 41.1. The predicted molar refractivity (Wildman–Crippen MR) is 57.7 cm³/mol. The van der Waals surface area contributed by atoms with Crippen LogP contribution in [0.15, 0.2) is 30.3 Å². The van der Waals surface area contributed by atoms with E-state index in [0.29, 0.717) is 0 Å². The van der Waals surface area contributed by atoms with E-state index >= 15 is 0 Å². The maximum atomic E-state index is 12.0. The third-order valence-corrected chi connectivity index (χ3v) is 2.59. The van der Waals surface area contributed by atoms with E-state index in [1.165, 1.54) is 0 Å². The summed E-state index contributed by atoms with van der Waals surface area (Å²) >= 11 is 0. The van der Waals surface area contributed by atoms with Crippen molar-refractivity contribution in [3.8, 4) is 0 Å². The molecule has 1 aliphatic rings. The molecule has 1 aliphatic heterocycles. The van der Waals surface area contributed by atoms with Crippen molar-refractivity contribution in [1.29, 1.82) is 0 Å². The quantitative estimate of drug-likeness (QED) is 0.611. The fourth-order valence-electron chi connectivity index (χ4n) is 1.63. The molecule has 98 valence electrons. The Bertz CT molecular complexity index is 419. The highest BCUT2D eigenvalue weighted by atomic mass is 19.4. The van der Waals surface area contributed by atoms with Gasteiger partial charge in [-0.25, -0.2) is 0 Å². The second kappa shape index (κ2) is 4.97. The number of carbonyl (C=O) groups excluding carboxylic acids is 1. The minimum absolute atomic E-state index is 0.0933. The van der Waals surface area contributed by atoms with Crippen molar-refractivity contribution in [3.05, 3.63) is 35.9 Å². The molecule has 0 N–H and O–H groups in total. The van der Waals surface area contributed by atoms with Crippen LogP contribution in [0.5, 0.6) is 0 Å². The molecular weight excluding hydrogens is 247 g/mol. The van der Waals surface area contributed by atoms with Gasteiger partial charge in [0.2, 0.25) is 0 Å². The number of hydrogen-bond donors (Lipinski definition) is 0. The van der Waals surface area contributed by atoms with Gasteiger partial charge in [-0.15, -0.1) is 0 Å². The molecule has 3 nitrogen and oxygen atoms in total. The van der Waals surface area contributed by atoms with Crippen molar-refractivity contribution >= 4 is 5.97 Å². The molecule has 0 aromatic heterocycles. The highest BCUT2D eigenvalue weighted by molar-refractivity contribution is 5.79. The number of alkyl halides is 3. The van der Waals surface area contributed by atoms with Crippen LogP contribution in [0, 0.1) is 0 Å². The average molecular weight is 259 g/mol. The fraction of sp³-hybridized carbons (Fsp3) is 0.417. The first-order valence-corrected chi connectivity index (χ1v) is 5.47. The molecule has 2 unspecified atom stereocenters. The van der Waals surface area contributed by atoms with E-state index in [1.807, 2.05) is 6.07 Å². The van der Waals surface area contributed by atoms with E-state index in [0.717, 1.165) is 10.5 Å². The van der Waals surface area contributed by atoms with E-state index in [-0.39, 0.29) is 13.2 Å². The van der Waals surface area contributed by atoms with Crippen molar-refractivity contribution in [2.75, 3.05) is 13.1 Å². The van der Waals surface area contributed by atoms with Gasteiger partial charge in [-0.1, -0.05) is 30.3 Å². The molecule has 1 aromatic rings. The first-order chi connectivity index (χ1) is 8.46. The summed E-state index contributed by atoms with van der Waals surface area (Å²) in [5.74, 6) is -0.594. The van der Waals surface area contributed by atoms with Crippen LogP contribution in [0.1, 0.15) is 5.56 Å². The Morgan fingerprint density at radius 2 is 2.00 bits per heavy atom. The van der Waals surface area contributed by atoms with Crippen molar-refractivity contribution in [2.45, 2.75) is 18.8 Å². The maximum absolute atomic E-state index is 12.0. The van der Waals surface area contributed by atoms with Crippen LogP contribution in [0.3, 0.4) is 0 Å². The van der Waals surface area contributed by atoms with Gasteiger partial charge < -0.3 is 4.74 Å². The lowest BCUT2D eigenvalue weighted by molar-refractivity contribution is -0.149. The normalized spacial score (nSPS) is 22.6. The van der Waals surface area contributed by atoms with Crippen LogP contribution in [-0.4, -0.2) is 36.2 Å². The molecule has 0 amide bonds. The summed E-state index contributed by atoms with van der Waals surface area (Å²) in [4.78, 5) is 12.5. The van der Waals surface area contributed by atoms with Gasteiger partial charge in [-0.2, -0.15) is 13.2 Å². The SMILES string of the molecule is O=C(OCc1ccccc1)C1CN1CC(F)(F)F. The molecule has 6 heteroatoms. The Kier molecular flexibility index (Phi) is 3.56. The highest BCUT2D eigenvalue weighted by Gasteiger charge is 2.47. The number of halogens is 3. The second-order valence-corrected chi connectivity index (χ2v) is 4.15. The summed E-state index contributed by atoms with van der Waals surface area (Å²) in [6.07, 6.45) is -4.27. The van der Waals surface area contributed by atoms with Gasteiger partial charge in [0.25, 0.3) is 0 Å². The number of rotatable bonds is 4. The fourth-order valence-corrected chi connectivity index (χ4v) is 1.63. The Balaban J connectivity index is 1.74. The Morgan fingerprint density at radius 3 is 2.61 bits per heavy atom. The summed E-state index contributed by atoms with van der Waals surface area (Å²) in [5.41, 5.74) is 0.814. The molecular formula is C12H12F3NO2. The molecule has 0 aliphatic carbocycles. The van der Waals surface area contributed by atoms with E-state index in [2.05, 4.69) is 0 Å². The lowest BCUT2D eigenvalue weighted by Crippen LogP contribution is -2.25. The van der Waals surface area contributed by atoms with Gasteiger partial charge in [-0.3, -0.25) is 9.69 Å². The van der Waals surface area contributed by atoms with Crippen LogP contribution >= 0.6 is 0 Å². The number of hydrogen-bond acceptors (Lipinski definition) is 3. The molecule has 1 saturated heterocycles. The van der Waals surface area contributed by atoms with Crippen molar-refractivity contribution in [3.63, 3.8) is 0 Å². The van der Waals surface area contributed by atoms with Gasteiger partial charge in [0.1, 0.15) is 12.6 Å². The highest BCUT2D eigenvalue weighted by Crippen LogP contribution is 2.26. The first-order valence-electron chi connectivity index (χ1n) is 5.47. The number of nitrogens with zero attached hydrogens (tertiary/aromatic N) is 1. The molecule has 2 rings (SSSR count). The van der Waals surface area contributed by atoms with E-state index in [9.17, 15) is 18.0 Å². The largest absolute Gasteiger partial charge is 0.460 e. The number of ether oxygens (including phenoxy) is 1. The van der Waals surface area contributed by atoms with Crippen LogP contribution < -0.4 is 0 Å². The summed E-state index contributed by atoms with van der Waals surface area (Å²) in [6, 6.07) is 8.26. The van der Waals surface area contributed by atoms with Crippen molar-refractivity contribution in [2.24, 2.45) is 0 Å². The van der Waals surface area contributed by atoms with E-state index in [4.69, 9.17) is 4.74 Å². The average Bonchev–Trinajstić information content (AvgIpc) is 3.04. The van der Waals surface area contributed by atoms with Crippen LogP contribution in [0.4, 0.5) is 13.2 Å². The lowest BCUT2D eigenvalue weighted by atomic mass is 10.2. The molecule has 2 atom stereocenters. The molecule has 18 heavy (non-hydrogen) atoms. The van der Waals surface area contributed by atoms with Crippen LogP contribution in [0.2, 0.25) is 0 Å². The second-order valence-electron chi connectivity index (χ2n) is 4.15. The zero-order valence-electron chi connectivity index (χ0n) is 9.48. The monoisotopic (exact) mass is 259 g/mol. The number of esters is 1. The predicted octanol–water partition coefficient (Wildman–Crippen LogP) is 1.98. The number of carbonyl (C=O) groups is 1. The minimum atomic E-state index is -4.27. The Labute approximate surface area is 102 Å².